The zero-order valence-electron chi connectivity index (χ0n) is 20.3. The fourth-order valence-corrected chi connectivity index (χ4v) is 4.37. The van der Waals surface area contributed by atoms with Crippen LogP contribution in [-0.2, 0) is 17.9 Å². The van der Waals surface area contributed by atoms with Crippen molar-refractivity contribution in [1.29, 1.82) is 0 Å². The highest BCUT2D eigenvalue weighted by Crippen LogP contribution is 2.24. The molecule has 10 nitrogen and oxygen atoms in total. The van der Waals surface area contributed by atoms with E-state index in [1.54, 1.807) is 16.8 Å². The second kappa shape index (κ2) is 10.9. The van der Waals surface area contributed by atoms with Crippen LogP contribution in [0.1, 0.15) is 22.6 Å². The highest BCUT2D eigenvalue weighted by molar-refractivity contribution is 5.87. The molecule has 3 aromatic carbocycles. The summed E-state index contributed by atoms with van der Waals surface area (Å²) in [5.41, 5.74) is 2.68. The van der Waals surface area contributed by atoms with Crippen molar-refractivity contribution in [2.75, 3.05) is 6.54 Å². The van der Waals surface area contributed by atoms with E-state index in [0.717, 1.165) is 16.7 Å². The van der Waals surface area contributed by atoms with Crippen LogP contribution in [0.15, 0.2) is 102 Å². The minimum absolute atomic E-state index is 0.0121. The van der Waals surface area contributed by atoms with E-state index in [1.165, 1.54) is 29.2 Å². The molecule has 38 heavy (non-hydrogen) atoms. The molecule has 0 saturated carbocycles. The number of amides is 1. The van der Waals surface area contributed by atoms with Crippen molar-refractivity contribution in [3.05, 3.63) is 135 Å². The Morgan fingerprint density at radius 2 is 1.58 bits per heavy atom. The second-order valence-electron chi connectivity index (χ2n) is 8.75. The molecule has 1 N–H and O–H groups in total. The maximum Gasteiger partial charge on any atom is 0.269 e. The number of nitro groups is 1. The minimum atomic E-state index is -0.468. The van der Waals surface area contributed by atoms with Crippen LogP contribution in [0.3, 0.4) is 0 Å². The molecule has 2 aromatic heterocycles. The van der Waals surface area contributed by atoms with Gasteiger partial charge in [0.05, 0.1) is 30.1 Å². The third-order valence-electron chi connectivity index (χ3n) is 6.27. The first-order valence-electron chi connectivity index (χ1n) is 12.0. The number of rotatable bonds is 9. The van der Waals surface area contributed by atoms with Gasteiger partial charge in [0.1, 0.15) is 11.7 Å². The molecule has 2 heterocycles. The molecule has 0 atom stereocenters. The first-order valence-corrected chi connectivity index (χ1v) is 12.0. The largest absolute Gasteiger partial charge is 0.353 e. The number of fused-ring (bicyclic) bond motifs is 1. The molecular weight excluding hydrogens is 484 g/mol. The fraction of sp³-hybridized carbons (Fsp3) is 0.143. The molecule has 0 bridgehead atoms. The Kier molecular flexibility index (Phi) is 7.03. The number of benzene rings is 3. The van der Waals surface area contributed by atoms with Crippen molar-refractivity contribution in [2.24, 2.45) is 0 Å². The molecule has 0 radical (unpaired) electrons. The Morgan fingerprint density at radius 3 is 2.18 bits per heavy atom. The molecule has 0 aliphatic heterocycles. The highest BCUT2D eigenvalue weighted by Gasteiger charge is 2.22. The van der Waals surface area contributed by atoms with Crippen molar-refractivity contribution < 1.29 is 9.72 Å². The van der Waals surface area contributed by atoms with E-state index < -0.39 is 10.8 Å². The first kappa shape index (κ1) is 24.6. The van der Waals surface area contributed by atoms with Crippen molar-refractivity contribution in [1.82, 2.24) is 24.6 Å². The van der Waals surface area contributed by atoms with Gasteiger partial charge in [-0.3, -0.25) is 24.3 Å². The Labute approximate surface area is 217 Å². The molecule has 190 valence electrons. The summed E-state index contributed by atoms with van der Waals surface area (Å²) in [6.07, 6.45) is 2.90. The summed E-state index contributed by atoms with van der Waals surface area (Å²) in [5.74, 6) is -0.575. The topological polar surface area (TPSA) is 125 Å². The smallest absolute Gasteiger partial charge is 0.269 e. The lowest BCUT2D eigenvalue weighted by molar-refractivity contribution is -0.384. The Balaban J connectivity index is 1.28. The molecule has 5 rings (SSSR count). The summed E-state index contributed by atoms with van der Waals surface area (Å²) in [6, 6.07) is 25.2. The van der Waals surface area contributed by atoms with E-state index in [0.29, 0.717) is 24.1 Å². The van der Waals surface area contributed by atoms with Gasteiger partial charge in [0.25, 0.3) is 11.2 Å². The Hall–Kier alpha value is -5.12. The van der Waals surface area contributed by atoms with Gasteiger partial charge >= 0.3 is 0 Å². The van der Waals surface area contributed by atoms with Gasteiger partial charge in [-0.1, -0.05) is 72.8 Å². The van der Waals surface area contributed by atoms with Gasteiger partial charge in [0.15, 0.2) is 5.65 Å². The van der Waals surface area contributed by atoms with Gasteiger partial charge < -0.3 is 5.32 Å². The zero-order valence-corrected chi connectivity index (χ0v) is 20.3. The number of nitrogens with zero attached hydrogens (tertiary/aromatic N) is 5. The predicted molar refractivity (Wildman–Crippen MR) is 142 cm³/mol. The molecular formula is C28H24N6O4. The molecule has 0 aliphatic rings. The van der Waals surface area contributed by atoms with Gasteiger partial charge in [-0.25, -0.2) is 9.67 Å². The number of non-ortho nitro benzene ring substituents is 1. The molecule has 0 aliphatic carbocycles. The average molecular weight is 509 g/mol. The van der Waals surface area contributed by atoms with Gasteiger partial charge in [-0.15, -0.1) is 0 Å². The minimum Gasteiger partial charge on any atom is -0.353 e. The van der Waals surface area contributed by atoms with Gasteiger partial charge in [-0.05, 0) is 16.7 Å². The average Bonchev–Trinajstić information content (AvgIpc) is 3.35. The first-order chi connectivity index (χ1) is 18.5. The number of hydrogen-bond acceptors (Lipinski definition) is 6. The predicted octanol–water partition coefficient (Wildman–Crippen LogP) is 3.50. The van der Waals surface area contributed by atoms with Crippen LogP contribution < -0.4 is 10.9 Å². The van der Waals surface area contributed by atoms with E-state index in [4.69, 9.17) is 0 Å². The van der Waals surface area contributed by atoms with E-state index in [9.17, 15) is 19.7 Å². The summed E-state index contributed by atoms with van der Waals surface area (Å²) in [7, 11) is 0. The van der Waals surface area contributed by atoms with Crippen molar-refractivity contribution in [3.63, 3.8) is 0 Å². The Bertz CT molecular complexity index is 1590. The monoisotopic (exact) mass is 508 g/mol. The number of nitrogens with one attached hydrogen (secondary N) is 1. The third kappa shape index (κ3) is 5.19. The summed E-state index contributed by atoms with van der Waals surface area (Å²) in [6.45, 7) is 0.866. The van der Waals surface area contributed by atoms with Crippen LogP contribution in [0.5, 0.6) is 0 Å². The lowest BCUT2D eigenvalue weighted by atomic mass is 9.90. The molecule has 5 aromatic rings. The van der Waals surface area contributed by atoms with Gasteiger partial charge in [-0.2, -0.15) is 5.10 Å². The summed E-state index contributed by atoms with van der Waals surface area (Å²) in [4.78, 5) is 41.0. The number of aromatic nitrogens is 4. The lowest BCUT2D eigenvalue weighted by Crippen LogP contribution is -2.32. The van der Waals surface area contributed by atoms with Crippen molar-refractivity contribution >= 4 is 22.6 Å². The number of nitro benzene ring substituents is 1. The number of carbonyl (C=O) groups is 1. The van der Waals surface area contributed by atoms with E-state index in [-0.39, 0.29) is 23.7 Å². The fourth-order valence-electron chi connectivity index (χ4n) is 4.37. The summed E-state index contributed by atoms with van der Waals surface area (Å²) < 4.78 is 3.02. The SMILES string of the molecule is O=C(NCCn1ncc2c(=O)n(Cc3ccc([N+](=O)[O-])cc3)cnc21)C(c1ccccc1)c1ccccc1. The normalized spacial score (nSPS) is 11.1. The van der Waals surface area contributed by atoms with Gasteiger partial charge in [0.2, 0.25) is 5.91 Å². The standard InChI is InChI=1S/C28H24N6O4/c35-27(25(21-7-3-1-4-8-21)22-9-5-2-6-10-22)29-15-16-33-26-24(17-31-33)28(36)32(19-30-26)18-20-11-13-23(14-12-20)34(37)38/h1-14,17,19,25H,15-16,18H2,(H,29,35). The van der Waals surface area contributed by atoms with Crippen LogP contribution in [0.25, 0.3) is 11.0 Å². The maximum atomic E-state index is 13.2. The van der Waals surface area contributed by atoms with Crippen LogP contribution in [0, 0.1) is 10.1 Å². The van der Waals surface area contributed by atoms with Gasteiger partial charge in [0, 0.05) is 18.7 Å². The molecule has 1 amide bonds. The van der Waals surface area contributed by atoms with Crippen LogP contribution >= 0.6 is 0 Å². The molecule has 10 heteroatoms. The highest BCUT2D eigenvalue weighted by atomic mass is 16.6. The molecule has 0 fully saturated rings. The Morgan fingerprint density at radius 1 is 0.947 bits per heavy atom. The van der Waals surface area contributed by atoms with Crippen LogP contribution in [0.2, 0.25) is 0 Å². The van der Waals surface area contributed by atoms with E-state index in [1.807, 2.05) is 60.7 Å². The third-order valence-corrected chi connectivity index (χ3v) is 6.27. The van der Waals surface area contributed by atoms with Crippen molar-refractivity contribution in [2.45, 2.75) is 19.0 Å². The number of carbonyl (C=O) groups excluding carboxylic acids is 1. The zero-order chi connectivity index (χ0) is 26.5. The van der Waals surface area contributed by atoms with E-state index in [2.05, 4.69) is 15.4 Å². The maximum absolute atomic E-state index is 13.2. The second-order valence-corrected chi connectivity index (χ2v) is 8.75. The van der Waals surface area contributed by atoms with Crippen molar-refractivity contribution in [3.8, 4) is 0 Å². The number of hydrogen-bond donors (Lipinski definition) is 1. The van der Waals surface area contributed by atoms with Crippen LogP contribution in [0.4, 0.5) is 5.69 Å². The molecule has 0 spiro atoms. The lowest BCUT2D eigenvalue weighted by Gasteiger charge is -2.18. The summed E-state index contributed by atoms with van der Waals surface area (Å²) >= 11 is 0. The summed E-state index contributed by atoms with van der Waals surface area (Å²) in [5, 5.41) is 18.5. The van der Waals surface area contributed by atoms with Crippen LogP contribution in [-0.4, -0.2) is 36.7 Å². The van der Waals surface area contributed by atoms with E-state index >= 15 is 0 Å². The quantitative estimate of drug-likeness (QED) is 0.240. The molecule has 0 unspecified atom stereocenters. The molecule has 0 saturated heterocycles.